The first-order valence-corrected chi connectivity index (χ1v) is 40.2. The molecule has 0 heterocycles. The van der Waals surface area contributed by atoms with Gasteiger partial charge in [-0.3, -0.25) is 37.3 Å². The maximum absolute atomic E-state index is 13.0. The molecule has 0 aromatic carbocycles. The number of carbonyl (C=O) groups excluding carboxylic acids is 4. The second-order valence-corrected chi connectivity index (χ2v) is 30.6. The van der Waals surface area contributed by atoms with Gasteiger partial charge in [-0.25, -0.2) is 9.13 Å². The van der Waals surface area contributed by atoms with E-state index in [0.29, 0.717) is 31.6 Å². The van der Waals surface area contributed by atoms with Crippen LogP contribution in [0, 0.1) is 23.7 Å². The first kappa shape index (κ1) is 89.1. The summed E-state index contributed by atoms with van der Waals surface area (Å²) >= 11 is 0. The minimum atomic E-state index is -4.95. The van der Waals surface area contributed by atoms with Gasteiger partial charge in [0.25, 0.3) is 0 Å². The van der Waals surface area contributed by atoms with E-state index in [1.54, 1.807) is 0 Å². The summed E-state index contributed by atoms with van der Waals surface area (Å²) in [6, 6.07) is 0. The second kappa shape index (κ2) is 61.6. The number of phosphoric ester groups is 2. The highest BCUT2D eigenvalue weighted by molar-refractivity contribution is 7.47. The normalized spacial score (nSPS) is 14.5. The topological polar surface area (TPSA) is 237 Å². The van der Waals surface area contributed by atoms with Crippen LogP contribution in [0.1, 0.15) is 357 Å². The fourth-order valence-electron chi connectivity index (χ4n) is 10.8. The molecule has 0 fully saturated rings. The molecule has 0 radical (unpaired) electrons. The van der Waals surface area contributed by atoms with Gasteiger partial charge >= 0.3 is 39.5 Å². The molecule has 0 aliphatic heterocycles. The zero-order chi connectivity index (χ0) is 67.5. The summed E-state index contributed by atoms with van der Waals surface area (Å²) in [5.41, 5.74) is 0. The van der Waals surface area contributed by atoms with E-state index in [4.69, 9.17) is 37.0 Å². The Morgan fingerprint density at radius 1 is 0.308 bits per heavy atom. The fourth-order valence-corrected chi connectivity index (χ4v) is 12.4. The van der Waals surface area contributed by atoms with Crippen LogP contribution >= 0.6 is 15.6 Å². The summed E-state index contributed by atoms with van der Waals surface area (Å²) < 4.78 is 68.3. The number of unbranched alkanes of at least 4 members (excludes halogenated alkanes) is 34. The molecule has 0 aliphatic rings. The van der Waals surface area contributed by atoms with Crippen molar-refractivity contribution in [2.24, 2.45) is 23.7 Å². The quantitative estimate of drug-likeness (QED) is 0.0222. The summed E-state index contributed by atoms with van der Waals surface area (Å²) in [6.45, 7) is 14.1. The van der Waals surface area contributed by atoms with Crippen molar-refractivity contribution in [3.05, 3.63) is 0 Å². The first-order chi connectivity index (χ1) is 43.6. The van der Waals surface area contributed by atoms with Crippen LogP contribution in [0.25, 0.3) is 0 Å². The van der Waals surface area contributed by atoms with Gasteiger partial charge in [0.05, 0.1) is 26.4 Å². The molecule has 17 nitrogen and oxygen atoms in total. The highest BCUT2D eigenvalue weighted by Crippen LogP contribution is 2.45. The van der Waals surface area contributed by atoms with E-state index in [-0.39, 0.29) is 25.7 Å². The Balaban J connectivity index is 5.24. The number of hydrogen-bond acceptors (Lipinski definition) is 15. The first-order valence-electron chi connectivity index (χ1n) is 37.2. The highest BCUT2D eigenvalue weighted by Gasteiger charge is 2.30. The molecule has 540 valence electrons. The smallest absolute Gasteiger partial charge is 0.462 e. The van der Waals surface area contributed by atoms with Gasteiger partial charge in [-0.2, -0.15) is 0 Å². The number of hydrogen-bond donors (Lipinski definition) is 3. The van der Waals surface area contributed by atoms with Crippen molar-refractivity contribution in [2.75, 3.05) is 39.6 Å². The molecule has 0 spiro atoms. The van der Waals surface area contributed by atoms with Crippen LogP contribution in [0.15, 0.2) is 0 Å². The van der Waals surface area contributed by atoms with E-state index in [9.17, 15) is 43.2 Å². The molecule has 0 aliphatic carbocycles. The number of phosphoric acid groups is 2. The molecule has 91 heavy (non-hydrogen) atoms. The monoisotopic (exact) mass is 1340 g/mol. The van der Waals surface area contributed by atoms with Crippen molar-refractivity contribution in [3.8, 4) is 0 Å². The van der Waals surface area contributed by atoms with E-state index in [0.717, 1.165) is 114 Å². The average molecular weight is 1340 g/mol. The van der Waals surface area contributed by atoms with E-state index in [1.165, 1.54) is 154 Å². The van der Waals surface area contributed by atoms with Crippen molar-refractivity contribution in [2.45, 2.75) is 375 Å². The van der Waals surface area contributed by atoms with Crippen molar-refractivity contribution < 1.29 is 80.2 Å². The van der Waals surface area contributed by atoms with Crippen molar-refractivity contribution in [1.82, 2.24) is 0 Å². The molecule has 0 bridgehead atoms. The summed E-state index contributed by atoms with van der Waals surface area (Å²) in [7, 11) is -9.91. The standard InChI is InChI=1S/C72H140O17P2/c1-9-65(8)51-43-35-27-18-14-12-10-11-13-15-19-29-38-46-54-71(76)88-67(58-82-69(74)52-44-36-28-20-16-17-24-32-40-48-62(2)3)60-86-90(78,79)84-56-66(73)57-85-91(80,81)87-61-68(59-83-70(75)53-45-37-31-23-26-34-42-50-64(6)7)89-72(77)55-47-39-30-22-21-25-33-41-49-63(4)5/h62-68,73H,9-61H2,1-8H3,(H,78,79)(H,80,81)/t65?,66?,67-,68-/m1/s1. The van der Waals surface area contributed by atoms with E-state index < -0.39 is 97.5 Å². The third-order valence-corrected chi connectivity index (χ3v) is 18.8. The van der Waals surface area contributed by atoms with E-state index >= 15 is 0 Å². The van der Waals surface area contributed by atoms with Crippen LogP contribution in [-0.4, -0.2) is 96.7 Å². The molecule has 0 amide bonds. The molecule has 3 N–H and O–H groups in total. The highest BCUT2D eigenvalue weighted by atomic mass is 31.2. The Kier molecular flexibility index (Phi) is 60.3. The van der Waals surface area contributed by atoms with Gasteiger partial charge in [0.15, 0.2) is 12.2 Å². The SMILES string of the molecule is CCC(C)CCCCCCCCCCCCCCCCC(=O)O[C@H](COC(=O)CCCCCCCCCCCC(C)C)COP(=O)(O)OCC(O)COP(=O)(O)OC[C@@H](COC(=O)CCCCCCCCCC(C)C)OC(=O)CCCCCCCCCCC(C)C. The molecule has 0 aromatic rings. The Bertz CT molecular complexity index is 1800. The fraction of sp³-hybridized carbons (Fsp3) is 0.944. The van der Waals surface area contributed by atoms with Crippen LogP contribution in [0.4, 0.5) is 0 Å². The van der Waals surface area contributed by atoms with Crippen LogP contribution in [0.5, 0.6) is 0 Å². The zero-order valence-corrected chi connectivity index (χ0v) is 61.3. The Morgan fingerprint density at radius 3 is 0.780 bits per heavy atom. The number of ether oxygens (including phenoxy) is 4. The average Bonchev–Trinajstić information content (AvgIpc) is 2.93. The summed E-state index contributed by atoms with van der Waals surface area (Å²) in [5.74, 6) is 0.884. The van der Waals surface area contributed by atoms with E-state index in [1.807, 2.05) is 0 Å². The van der Waals surface area contributed by atoms with Gasteiger partial charge in [0, 0.05) is 25.7 Å². The molecule has 4 unspecified atom stereocenters. The molecular weight excluding hydrogens is 1200 g/mol. The Hall–Kier alpha value is -1.94. The van der Waals surface area contributed by atoms with E-state index in [2.05, 4.69) is 55.4 Å². The third kappa shape index (κ3) is 65.1. The van der Waals surface area contributed by atoms with Crippen LogP contribution in [-0.2, 0) is 65.4 Å². The lowest BCUT2D eigenvalue weighted by Gasteiger charge is -2.21. The zero-order valence-electron chi connectivity index (χ0n) is 59.5. The number of aliphatic hydroxyl groups is 1. The van der Waals surface area contributed by atoms with Crippen molar-refractivity contribution in [3.63, 3.8) is 0 Å². The molecule has 19 heteroatoms. The lowest BCUT2D eigenvalue weighted by molar-refractivity contribution is -0.161. The minimum Gasteiger partial charge on any atom is -0.462 e. The number of esters is 4. The van der Waals surface area contributed by atoms with Crippen LogP contribution in [0.2, 0.25) is 0 Å². The number of rotatable bonds is 69. The predicted molar refractivity (Wildman–Crippen MR) is 367 cm³/mol. The molecule has 0 saturated carbocycles. The Morgan fingerprint density at radius 2 is 0.527 bits per heavy atom. The molecule has 0 saturated heterocycles. The van der Waals surface area contributed by atoms with Crippen molar-refractivity contribution >= 4 is 39.5 Å². The second-order valence-electron chi connectivity index (χ2n) is 27.6. The maximum atomic E-state index is 13.0. The number of aliphatic hydroxyl groups excluding tert-OH is 1. The summed E-state index contributed by atoms with van der Waals surface area (Å²) in [5, 5.41) is 10.6. The van der Waals surface area contributed by atoms with Gasteiger partial charge in [-0.1, -0.05) is 306 Å². The van der Waals surface area contributed by atoms with Gasteiger partial charge in [-0.05, 0) is 49.4 Å². The lowest BCUT2D eigenvalue weighted by atomic mass is 9.99. The third-order valence-electron chi connectivity index (χ3n) is 16.9. The van der Waals surface area contributed by atoms with Gasteiger partial charge in [0.1, 0.15) is 19.3 Å². The Labute approximate surface area is 556 Å². The van der Waals surface area contributed by atoms with Crippen LogP contribution < -0.4 is 0 Å². The van der Waals surface area contributed by atoms with Crippen LogP contribution in [0.3, 0.4) is 0 Å². The van der Waals surface area contributed by atoms with Gasteiger partial charge < -0.3 is 33.8 Å². The van der Waals surface area contributed by atoms with Crippen molar-refractivity contribution in [1.29, 1.82) is 0 Å². The van der Waals surface area contributed by atoms with Gasteiger partial charge in [-0.15, -0.1) is 0 Å². The predicted octanol–water partition coefficient (Wildman–Crippen LogP) is 20.5. The maximum Gasteiger partial charge on any atom is 0.472 e. The summed E-state index contributed by atoms with van der Waals surface area (Å²) in [6.07, 6.45) is 44.5. The molecule has 6 atom stereocenters. The van der Waals surface area contributed by atoms with Gasteiger partial charge in [0.2, 0.25) is 0 Å². The summed E-state index contributed by atoms with van der Waals surface area (Å²) in [4.78, 5) is 72.6. The molecule has 0 aromatic heterocycles. The number of carbonyl (C=O) groups is 4. The molecule has 0 rings (SSSR count). The molecular formula is C72H140O17P2. The lowest BCUT2D eigenvalue weighted by Crippen LogP contribution is -2.30. The largest absolute Gasteiger partial charge is 0.472 e. The minimum absolute atomic E-state index is 0.103.